The van der Waals surface area contributed by atoms with Crippen molar-refractivity contribution >= 4 is 6.08 Å². The predicted octanol–water partition coefficient (Wildman–Crippen LogP) is 2.28. The molecule has 1 aliphatic rings. The first-order valence-corrected chi connectivity index (χ1v) is 4.32. The Morgan fingerprint density at radius 1 is 1.42 bits per heavy atom. The molecule has 1 nitrogen and oxygen atoms in total. The smallest absolute Gasteiger partial charge is 0.0266 e. The lowest BCUT2D eigenvalue weighted by Crippen LogP contribution is -2.05. The van der Waals surface area contributed by atoms with Crippen molar-refractivity contribution in [2.45, 2.75) is 19.4 Å². The molecule has 0 saturated carbocycles. The van der Waals surface area contributed by atoms with Gasteiger partial charge >= 0.3 is 0 Å². The molecule has 1 aromatic carbocycles. The molecule has 0 amide bonds. The van der Waals surface area contributed by atoms with Crippen LogP contribution in [0, 0.1) is 0 Å². The molecular weight excluding hydrogens is 146 g/mol. The Labute approximate surface area is 72.9 Å². The van der Waals surface area contributed by atoms with E-state index < -0.39 is 0 Å². The molecule has 2 N–H and O–H groups in total. The van der Waals surface area contributed by atoms with E-state index in [1.807, 2.05) is 6.92 Å². The van der Waals surface area contributed by atoms with Crippen LogP contribution in [0.3, 0.4) is 0 Å². The van der Waals surface area contributed by atoms with Gasteiger partial charge in [0, 0.05) is 6.04 Å². The standard InChI is InChI=1S/C11H13N/c1-8(12)10-6-5-9-3-2-4-11(9)7-10/h2-3,5-8H,4,12H2,1H3. The lowest BCUT2D eigenvalue weighted by atomic mass is 10.0. The topological polar surface area (TPSA) is 26.0 Å². The van der Waals surface area contributed by atoms with Crippen LogP contribution in [0.5, 0.6) is 0 Å². The van der Waals surface area contributed by atoms with Crippen LogP contribution in [0.4, 0.5) is 0 Å². The first-order chi connectivity index (χ1) is 5.77. The van der Waals surface area contributed by atoms with Crippen LogP contribution in [0.1, 0.15) is 29.7 Å². The summed E-state index contributed by atoms with van der Waals surface area (Å²) in [5.41, 5.74) is 9.78. The summed E-state index contributed by atoms with van der Waals surface area (Å²) in [5, 5.41) is 0. The van der Waals surface area contributed by atoms with Crippen molar-refractivity contribution in [3.8, 4) is 0 Å². The summed E-state index contributed by atoms with van der Waals surface area (Å²) in [5.74, 6) is 0. The van der Waals surface area contributed by atoms with Gasteiger partial charge in [0.05, 0.1) is 0 Å². The molecule has 1 heteroatoms. The van der Waals surface area contributed by atoms with Gasteiger partial charge in [-0.05, 0) is 30.0 Å². The molecule has 0 radical (unpaired) electrons. The minimum Gasteiger partial charge on any atom is -0.324 e. The van der Waals surface area contributed by atoms with Crippen LogP contribution in [-0.4, -0.2) is 0 Å². The van der Waals surface area contributed by atoms with Crippen molar-refractivity contribution in [1.82, 2.24) is 0 Å². The molecule has 0 bridgehead atoms. The number of fused-ring (bicyclic) bond motifs is 1. The molecule has 2 rings (SSSR count). The third kappa shape index (κ3) is 1.16. The fourth-order valence-electron chi connectivity index (χ4n) is 1.56. The fraction of sp³-hybridized carbons (Fsp3) is 0.273. The van der Waals surface area contributed by atoms with Gasteiger partial charge in [-0.15, -0.1) is 0 Å². The Hall–Kier alpha value is -1.08. The Kier molecular flexibility index (Phi) is 1.74. The monoisotopic (exact) mass is 159 g/mol. The second-order valence-corrected chi connectivity index (χ2v) is 3.35. The Morgan fingerprint density at radius 2 is 2.25 bits per heavy atom. The lowest BCUT2D eigenvalue weighted by Gasteiger charge is -2.07. The van der Waals surface area contributed by atoms with E-state index in [2.05, 4.69) is 30.4 Å². The van der Waals surface area contributed by atoms with Crippen LogP contribution in [0.15, 0.2) is 24.3 Å². The third-order valence-electron chi connectivity index (χ3n) is 2.33. The number of rotatable bonds is 1. The largest absolute Gasteiger partial charge is 0.324 e. The maximum atomic E-state index is 5.79. The van der Waals surface area contributed by atoms with Gasteiger partial charge in [-0.3, -0.25) is 0 Å². The molecule has 1 aliphatic carbocycles. The zero-order chi connectivity index (χ0) is 8.55. The Morgan fingerprint density at radius 3 is 3.00 bits per heavy atom. The highest BCUT2D eigenvalue weighted by molar-refractivity contribution is 5.60. The van der Waals surface area contributed by atoms with Crippen molar-refractivity contribution < 1.29 is 0 Å². The van der Waals surface area contributed by atoms with Crippen molar-refractivity contribution in [1.29, 1.82) is 0 Å². The summed E-state index contributed by atoms with van der Waals surface area (Å²) in [7, 11) is 0. The van der Waals surface area contributed by atoms with E-state index in [0.29, 0.717) is 0 Å². The summed E-state index contributed by atoms with van der Waals surface area (Å²) >= 11 is 0. The SMILES string of the molecule is CC(N)c1ccc2c(c1)CC=C2. The number of hydrogen-bond acceptors (Lipinski definition) is 1. The maximum absolute atomic E-state index is 5.79. The van der Waals surface area contributed by atoms with E-state index in [0.717, 1.165) is 6.42 Å². The molecule has 1 aromatic rings. The second kappa shape index (κ2) is 2.76. The van der Waals surface area contributed by atoms with Crippen LogP contribution >= 0.6 is 0 Å². The predicted molar refractivity (Wildman–Crippen MR) is 51.8 cm³/mol. The van der Waals surface area contributed by atoms with Gasteiger partial charge in [0.15, 0.2) is 0 Å². The molecule has 0 aromatic heterocycles. The van der Waals surface area contributed by atoms with E-state index in [9.17, 15) is 0 Å². The molecule has 12 heavy (non-hydrogen) atoms. The van der Waals surface area contributed by atoms with Gasteiger partial charge in [0.25, 0.3) is 0 Å². The van der Waals surface area contributed by atoms with Crippen LogP contribution in [0.25, 0.3) is 6.08 Å². The van der Waals surface area contributed by atoms with Gasteiger partial charge in [0.1, 0.15) is 0 Å². The summed E-state index contributed by atoms with van der Waals surface area (Å²) in [6.45, 7) is 2.02. The van der Waals surface area contributed by atoms with Gasteiger partial charge in [-0.2, -0.15) is 0 Å². The maximum Gasteiger partial charge on any atom is 0.0266 e. The van der Waals surface area contributed by atoms with Crippen molar-refractivity contribution in [2.75, 3.05) is 0 Å². The van der Waals surface area contributed by atoms with Crippen molar-refractivity contribution in [3.63, 3.8) is 0 Å². The van der Waals surface area contributed by atoms with Crippen molar-refractivity contribution in [3.05, 3.63) is 41.0 Å². The Bertz CT molecular complexity index is 324. The summed E-state index contributed by atoms with van der Waals surface area (Å²) in [6.07, 6.45) is 5.42. The second-order valence-electron chi connectivity index (χ2n) is 3.35. The lowest BCUT2D eigenvalue weighted by molar-refractivity contribution is 0.816. The normalized spacial score (nSPS) is 16.2. The van der Waals surface area contributed by atoms with Gasteiger partial charge in [0.2, 0.25) is 0 Å². The number of allylic oxidation sites excluding steroid dienone is 1. The summed E-state index contributed by atoms with van der Waals surface area (Å²) < 4.78 is 0. The van der Waals surface area contributed by atoms with Crippen LogP contribution in [-0.2, 0) is 6.42 Å². The quantitative estimate of drug-likeness (QED) is 0.668. The van der Waals surface area contributed by atoms with Gasteiger partial charge in [-0.25, -0.2) is 0 Å². The van der Waals surface area contributed by atoms with E-state index in [1.54, 1.807) is 0 Å². The zero-order valence-corrected chi connectivity index (χ0v) is 7.25. The van der Waals surface area contributed by atoms with E-state index >= 15 is 0 Å². The molecule has 62 valence electrons. The molecule has 0 fully saturated rings. The minimum atomic E-state index is 0.149. The first-order valence-electron chi connectivity index (χ1n) is 4.32. The highest BCUT2D eigenvalue weighted by Crippen LogP contribution is 2.22. The molecule has 1 atom stereocenters. The average Bonchev–Trinajstić information content (AvgIpc) is 2.49. The number of hydrogen-bond donors (Lipinski definition) is 1. The van der Waals surface area contributed by atoms with Crippen molar-refractivity contribution in [2.24, 2.45) is 5.73 Å². The highest BCUT2D eigenvalue weighted by atomic mass is 14.6. The minimum absolute atomic E-state index is 0.149. The molecule has 0 aliphatic heterocycles. The summed E-state index contributed by atoms with van der Waals surface area (Å²) in [4.78, 5) is 0. The van der Waals surface area contributed by atoms with E-state index in [1.165, 1.54) is 16.7 Å². The van der Waals surface area contributed by atoms with Gasteiger partial charge < -0.3 is 5.73 Å². The third-order valence-corrected chi connectivity index (χ3v) is 2.33. The average molecular weight is 159 g/mol. The summed E-state index contributed by atoms with van der Waals surface area (Å²) in [6, 6.07) is 6.62. The zero-order valence-electron chi connectivity index (χ0n) is 7.25. The molecule has 1 unspecified atom stereocenters. The van der Waals surface area contributed by atoms with Crippen LogP contribution < -0.4 is 5.73 Å². The van der Waals surface area contributed by atoms with Gasteiger partial charge in [-0.1, -0.05) is 30.4 Å². The molecular formula is C11H13N. The van der Waals surface area contributed by atoms with E-state index in [4.69, 9.17) is 5.73 Å². The molecule has 0 heterocycles. The Balaban J connectivity index is 2.42. The number of nitrogens with two attached hydrogens (primary N) is 1. The fourth-order valence-corrected chi connectivity index (χ4v) is 1.56. The molecule has 0 spiro atoms. The molecule has 0 saturated heterocycles. The highest BCUT2D eigenvalue weighted by Gasteiger charge is 2.06. The van der Waals surface area contributed by atoms with E-state index in [-0.39, 0.29) is 6.04 Å². The first kappa shape index (κ1) is 7.56. The van der Waals surface area contributed by atoms with Crippen LogP contribution in [0.2, 0.25) is 0 Å². The number of benzene rings is 1.